The molecule has 2 rings (SSSR count). The maximum Gasteiger partial charge on any atom is 0.0746 e. The van der Waals surface area contributed by atoms with Crippen LogP contribution in [0.15, 0.2) is 30.3 Å². The predicted octanol–water partition coefficient (Wildman–Crippen LogP) is 2.51. The summed E-state index contributed by atoms with van der Waals surface area (Å²) in [7, 11) is 0. The van der Waals surface area contributed by atoms with Gasteiger partial charge in [-0.25, -0.2) is 0 Å². The molecular formula is C15H22N2OS. The molecule has 19 heavy (non-hydrogen) atoms. The van der Waals surface area contributed by atoms with Crippen LogP contribution in [0.5, 0.6) is 0 Å². The summed E-state index contributed by atoms with van der Waals surface area (Å²) in [4.78, 5) is 3.03. The van der Waals surface area contributed by atoms with Crippen molar-refractivity contribution < 1.29 is 4.74 Å². The normalized spacial score (nSPS) is 22.7. The number of benzene rings is 1. The molecule has 4 heteroatoms. The Bertz CT molecular complexity index is 410. The number of thiocarbonyl (C=S) groups is 1. The topological polar surface area (TPSA) is 38.5 Å². The molecule has 1 saturated heterocycles. The minimum atomic E-state index is 0.264. The van der Waals surface area contributed by atoms with Crippen LogP contribution in [0.25, 0.3) is 0 Å². The number of nitrogens with zero attached hydrogens (tertiary/aromatic N) is 1. The van der Waals surface area contributed by atoms with Crippen LogP contribution < -0.4 is 5.73 Å². The van der Waals surface area contributed by atoms with Crippen molar-refractivity contribution in [1.29, 1.82) is 0 Å². The lowest BCUT2D eigenvalue weighted by molar-refractivity contribution is 0.0610. The third-order valence-electron chi connectivity index (χ3n) is 3.50. The minimum Gasteiger partial charge on any atom is -0.393 e. The van der Waals surface area contributed by atoms with Gasteiger partial charge >= 0.3 is 0 Å². The van der Waals surface area contributed by atoms with Crippen LogP contribution >= 0.6 is 12.2 Å². The first-order chi connectivity index (χ1) is 9.16. The van der Waals surface area contributed by atoms with E-state index in [0.717, 1.165) is 32.5 Å². The molecule has 0 radical (unpaired) electrons. The summed E-state index contributed by atoms with van der Waals surface area (Å²) in [5.74, 6) is 0. The molecular weight excluding hydrogens is 256 g/mol. The zero-order valence-corrected chi connectivity index (χ0v) is 12.2. The summed E-state index contributed by atoms with van der Waals surface area (Å²) in [6, 6.07) is 10.7. The first-order valence-corrected chi connectivity index (χ1v) is 7.26. The van der Waals surface area contributed by atoms with E-state index in [-0.39, 0.29) is 12.1 Å². The van der Waals surface area contributed by atoms with E-state index in [1.165, 1.54) is 5.56 Å². The molecule has 104 valence electrons. The molecule has 0 aliphatic carbocycles. The van der Waals surface area contributed by atoms with E-state index in [1.807, 2.05) is 6.07 Å². The van der Waals surface area contributed by atoms with Crippen molar-refractivity contribution in [1.82, 2.24) is 4.90 Å². The minimum absolute atomic E-state index is 0.264. The fourth-order valence-electron chi connectivity index (χ4n) is 2.63. The molecule has 2 atom stereocenters. The monoisotopic (exact) mass is 278 g/mol. The van der Waals surface area contributed by atoms with Crippen LogP contribution in [0, 0.1) is 0 Å². The zero-order valence-electron chi connectivity index (χ0n) is 11.4. The lowest BCUT2D eigenvalue weighted by Gasteiger charge is -2.31. The van der Waals surface area contributed by atoms with Crippen molar-refractivity contribution in [3.8, 4) is 0 Å². The molecule has 0 bridgehead atoms. The summed E-state index contributed by atoms with van der Waals surface area (Å²) >= 11 is 5.12. The highest BCUT2D eigenvalue weighted by molar-refractivity contribution is 7.80. The summed E-state index contributed by atoms with van der Waals surface area (Å²) < 4.78 is 5.72. The van der Waals surface area contributed by atoms with Crippen molar-refractivity contribution in [2.75, 3.05) is 19.7 Å². The average Bonchev–Trinajstić information content (AvgIpc) is 2.61. The van der Waals surface area contributed by atoms with E-state index in [2.05, 4.69) is 36.1 Å². The maximum atomic E-state index is 5.78. The lowest BCUT2D eigenvalue weighted by Crippen LogP contribution is -2.36. The maximum absolute atomic E-state index is 5.78. The summed E-state index contributed by atoms with van der Waals surface area (Å²) in [5, 5.41) is 0. The van der Waals surface area contributed by atoms with E-state index < -0.39 is 0 Å². The van der Waals surface area contributed by atoms with E-state index >= 15 is 0 Å². The van der Waals surface area contributed by atoms with Gasteiger partial charge in [0.15, 0.2) is 0 Å². The molecule has 2 unspecified atom stereocenters. The summed E-state index contributed by atoms with van der Waals surface area (Å²) in [6.07, 6.45) is 2.05. The fourth-order valence-corrected chi connectivity index (χ4v) is 2.79. The summed E-state index contributed by atoms with van der Waals surface area (Å²) in [5.41, 5.74) is 7.07. The predicted molar refractivity (Wildman–Crippen MR) is 82.2 cm³/mol. The van der Waals surface area contributed by atoms with Crippen molar-refractivity contribution in [2.45, 2.75) is 31.9 Å². The lowest BCUT2D eigenvalue weighted by atomic mass is 10.0. The second-order valence-electron chi connectivity index (χ2n) is 5.13. The van der Waals surface area contributed by atoms with Crippen LogP contribution in [0.3, 0.4) is 0 Å². The van der Waals surface area contributed by atoms with Gasteiger partial charge in [-0.3, -0.25) is 4.90 Å². The zero-order chi connectivity index (χ0) is 13.7. The van der Waals surface area contributed by atoms with Crippen LogP contribution in [-0.2, 0) is 4.74 Å². The second kappa shape index (κ2) is 6.98. The smallest absolute Gasteiger partial charge is 0.0746 e. The largest absolute Gasteiger partial charge is 0.393 e. The molecule has 0 amide bonds. The quantitative estimate of drug-likeness (QED) is 0.859. The van der Waals surface area contributed by atoms with Gasteiger partial charge in [-0.05, 0) is 18.9 Å². The molecule has 1 heterocycles. The standard InChI is InChI=1S/C15H22N2OS/c1-12-11-17(8-5-9-18-12)14(10-15(16)19)13-6-3-2-4-7-13/h2-4,6-7,12,14H,5,8-11H2,1H3,(H2,16,19). The van der Waals surface area contributed by atoms with Gasteiger partial charge in [0.2, 0.25) is 0 Å². The fraction of sp³-hybridized carbons (Fsp3) is 0.533. The van der Waals surface area contributed by atoms with Crippen molar-refractivity contribution in [3.05, 3.63) is 35.9 Å². The second-order valence-corrected chi connectivity index (χ2v) is 5.65. The Kier molecular flexibility index (Phi) is 5.31. The molecule has 1 aliphatic heterocycles. The van der Waals surface area contributed by atoms with Crippen LogP contribution in [0.1, 0.15) is 31.4 Å². The van der Waals surface area contributed by atoms with Gasteiger partial charge in [-0.2, -0.15) is 0 Å². The number of ether oxygens (including phenoxy) is 1. The van der Waals surface area contributed by atoms with Crippen LogP contribution in [0.4, 0.5) is 0 Å². The highest BCUT2D eigenvalue weighted by Crippen LogP contribution is 2.26. The third kappa shape index (κ3) is 4.27. The van der Waals surface area contributed by atoms with Crippen LogP contribution in [0.2, 0.25) is 0 Å². The Balaban J connectivity index is 2.19. The Morgan fingerprint density at radius 1 is 1.47 bits per heavy atom. The highest BCUT2D eigenvalue weighted by Gasteiger charge is 2.24. The van der Waals surface area contributed by atoms with Crippen molar-refractivity contribution in [3.63, 3.8) is 0 Å². The average molecular weight is 278 g/mol. The van der Waals surface area contributed by atoms with Gasteiger partial charge in [-0.1, -0.05) is 42.5 Å². The number of hydrogen-bond acceptors (Lipinski definition) is 3. The first-order valence-electron chi connectivity index (χ1n) is 6.85. The molecule has 2 N–H and O–H groups in total. The number of hydrogen-bond donors (Lipinski definition) is 1. The van der Waals surface area contributed by atoms with E-state index in [0.29, 0.717) is 4.99 Å². The first kappa shape index (κ1) is 14.4. The van der Waals surface area contributed by atoms with Gasteiger partial charge in [0.05, 0.1) is 11.1 Å². The van der Waals surface area contributed by atoms with Crippen molar-refractivity contribution >= 4 is 17.2 Å². The molecule has 0 saturated carbocycles. The van der Waals surface area contributed by atoms with E-state index in [4.69, 9.17) is 22.7 Å². The SMILES string of the molecule is CC1CN(C(CC(N)=S)c2ccccc2)CCCO1. The number of rotatable bonds is 4. The van der Waals surface area contributed by atoms with Gasteiger partial charge in [0.1, 0.15) is 0 Å². The number of nitrogens with two attached hydrogens (primary N) is 1. The molecule has 1 aliphatic rings. The van der Waals surface area contributed by atoms with Gasteiger partial charge in [0.25, 0.3) is 0 Å². The Labute approximate surface area is 120 Å². The molecule has 0 spiro atoms. The van der Waals surface area contributed by atoms with E-state index in [1.54, 1.807) is 0 Å². The van der Waals surface area contributed by atoms with Gasteiger partial charge < -0.3 is 10.5 Å². The molecule has 1 aromatic rings. The Morgan fingerprint density at radius 2 is 2.21 bits per heavy atom. The molecule has 1 fully saturated rings. The summed E-state index contributed by atoms with van der Waals surface area (Å²) in [6.45, 7) is 4.93. The third-order valence-corrected chi connectivity index (χ3v) is 3.67. The molecule has 3 nitrogen and oxygen atoms in total. The van der Waals surface area contributed by atoms with Gasteiger partial charge in [0, 0.05) is 32.2 Å². The molecule has 1 aromatic carbocycles. The molecule has 0 aromatic heterocycles. The van der Waals surface area contributed by atoms with Gasteiger partial charge in [-0.15, -0.1) is 0 Å². The van der Waals surface area contributed by atoms with Crippen molar-refractivity contribution in [2.24, 2.45) is 5.73 Å². The highest BCUT2D eigenvalue weighted by atomic mass is 32.1. The Morgan fingerprint density at radius 3 is 2.89 bits per heavy atom. The van der Waals surface area contributed by atoms with Crippen LogP contribution in [-0.4, -0.2) is 35.7 Å². The van der Waals surface area contributed by atoms with E-state index in [9.17, 15) is 0 Å². The Hall–Kier alpha value is -0.970.